The molecule has 0 radical (unpaired) electrons. The second kappa shape index (κ2) is 13.2. The van der Waals surface area contributed by atoms with Crippen molar-refractivity contribution in [1.29, 1.82) is 5.26 Å². The molecule has 0 saturated carbocycles. The van der Waals surface area contributed by atoms with E-state index in [1.165, 1.54) is 0 Å². The Morgan fingerprint density at radius 1 is 1.24 bits per heavy atom. The lowest BCUT2D eigenvalue weighted by Crippen LogP contribution is -2.12. The molecular weight excluding hydrogens is 506 g/mol. The lowest BCUT2D eigenvalue weighted by molar-refractivity contribution is -0.143. The average molecular weight is 529 g/mol. The summed E-state index contributed by atoms with van der Waals surface area (Å²) in [7, 11) is -4.98. The summed E-state index contributed by atoms with van der Waals surface area (Å²) in [5.41, 5.74) is 3.07. The van der Waals surface area contributed by atoms with Crippen molar-refractivity contribution in [2.24, 2.45) is 10.2 Å². The van der Waals surface area contributed by atoms with Crippen molar-refractivity contribution < 1.29 is 21.8 Å². The molecule has 0 spiro atoms. The summed E-state index contributed by atoms with van der Waals surface area (Å²) in [6, 6.07) is 9.83. The van der Waals surface area contributed by atoms with Crippen LogP contribution in [0.3, 0.4) is 0 Å². The molecule has 0 saturated heterocycles. The zero-order valence-corrected chi connectivity index (χ0v) is 20.7. The number of benzene rings is 2. The van der Waals surface area contributed by atoms with Gasteiger partial charge in [0, 0.05) is 18.7 Å². The van der Waals surface area contributed by atoms with E-state index >= 15 is 0 Å². The molecule has 8 nitrogen and oxygen atoms in total. The third-order valence-electron chi connectivity index (χ3n) is 4.62. The summed E-state index contributed by atoms with van der Waals surface area (Å²) in [6.07, 6.45) is 1.71. The molecule has 0 unspecified atom stereocenters. The first-order valence-corrected chi connectivity index (χ1v) is 12.4. The number of hydrogen-bond donors (Lipinski definition) is 1. The van der Waals surface area contributed by atoms with Crippen molar-refractivity contribution in [2.45, 2.75) is 37.5 Å². The zero-order chi connectivity index (χ0) is 25.1. The second-order valence-corrected chi connectivity index (χ2v) is 9.32. The summed E-state index contributed by atoms with van der Waals surface area (Å²) < 4.78 is 40.3. The Balaban J connectivity index is 1.84. The number of nitrogens with zero attached hydrogens (tertiary/aromatic N) is 3. The molecule has 0 aromatic heterocycles. The van der Waals surface area contributed by atoms with Gasteiger partial charge < -0.3 is 10.1 Å². The van der Waals surface area contributed by atoms with Gasteiger partial charge in [-0.15, -0.1) is 3.89 Å². The fraction of sp³-hybridized carbons (Fsp3) is 0.364. The van der Waals surface area contributed by atoms with E-state index in [0.29, 0.717) is 32.4 Å². The van der Waals surface area contributed by atoms with Crippen LogP contribution in [0.1, 0.15) is 30.4 Å². The number of hydrogen-bond acceptors (Lipinski definition) is 8. The van der Waals surface area contributed by atoms with E-state index in [-0.39, 0.29) is 34.7 Å². The number of nitriles is 1. The first-order valence-electron chi connectivity index (χ1n) is 10.3. The fourth-order valence-electron chi connectivity index (χ4n) is 2.88. The largest absolute Gasteiger partial charge is 0.466 e. The van der Waals surface area contributed by atoms with Crippen LogP contribution in [0, 0.1) is 18.3 Å². The van der Waals surface area contributed by atoms with Gasteiger partial charge in [-0.05, 0) is 55.2 Å². The fourth-order valence-corrected chi connectivity index (χ4v) is 4.13. The summed E-state index contributed by atoms with van der Waals surface area (Å²) in [5.74, 6) is -0.313. The van der Waals surface area contributed by atoms with Gasteiger partial charge >= 0.3 is 16.2 Å². The number of nitrogens with one attached hydrogen (secondary N) is 1. The summed E-state index contributed by atoms with van der Waals surface area (Å²) >= 11 is 11.7. The van der Waals surface area contributed by atoms with Crippen LogP contribution in [-0.2, 0) is 26.2 Å². The number of carbonyl (C=O) groups is 1. The first kappa shape index (κ1) is 27.5. The van der Waals surface area contributed by atoms with Gasteiger partial charge in [0.05, 0.1) is 35.7 Å². The molecule has 12 heteroatoms. The van der Waals surface area contributed by atoms with Crippen LogP contribution in [0.25, 0.3) is 0 Å². The minimum absolute atomic E-state index is 0.0815. The summed E-state index contributed by atoms with van der Waals surface area (Å²) in [5, 5.41) is 19.2. The minimum atomic E-state index is -4.98. The predicted octanol–water partition coefficient (Wildman–Crippen LogP) is 5.94. The Hall–Kier alpha value is -2.74. The number of esters is 1. The summed E-state index contributed by atoms with van der Waals surface area (Å²) in [6.45, 7) is 2.97. The van der Waals surface area contributed by atoms with Crippen molar-refractivity contribution in [3.63, 3.8) is 0 Å². The van der Waals surface area contributed by atoms with Gasteiger partial charge in [0.25, 0.3) is 0 Å². The highest BCUT2D eigenvalue weighted by atomic mass is 35.5. The standard InChI is InChI=1S/C22H23Cl2FN4O4S/c1-15-12-17(27-9-7-22(30)33-11-3-2-8-26)5-4-16(15)6-10-28-29-20-13-19(24)21(14-18(20)23)34(25,31)32/h4-5,12-14,27H,2-3,6-7,9-11H2,1H3. The van der Waals surface area contributed by atoms with Crippen molar-refractivity contribution >= 4 is 50.8 Å². The molecule has 0 heterocycles. The number of ether oxygens (including phenoxy) is 1. The van der Waals surface area contributed by atoms with E-state index in [0.717, 1.165) is 28.9 Å². The Morgan fingerprint density at radius 3 is 2.68 bits per heavy atom. The number of anilines is 1. The zero-order valence-electron chi connectivity index (χ0n) is 18.4. The maximum atomic E-state index is 13.2. The monoisotopic (exact) mass is 528 g/mol. The lowest BCUT2D eigenvalue weighted by Gasteiger charge is -2.10. The van der Waals surface area contributed by atoms with E-state index < -0.39 is 15.1 Å². The van der Waals surface area contributed by atoms with Crippen LogP contribution >= 0.6 is 23.2 Å². The van der Waals surface area contributed by atoms with Crippen LogP contribution in [0.2, 0.25) is 10.0 Å². The van der Waals surface area contributed by atoms with Crippen molar-refractivity contribution in [1.82, 2.24) is 0 Å². The third-order valence-corrected chi connectivity index (χ3v) is 6.21. The molecule has 0 aliphatic rings. The molecule has 2 aromatic rings. The average Bonchev–Trinajstić information content (AvgIpc) is 2.76. The van der Waals surface area contributed by atoms with Crippen molar-refractivity contribution in [3.8, 4) is 6.07 Å². The van der Waals surface area contributed by atoms with Gasteiger partial charge in [-0.2, -0.15) is 23.9 Å². The highest BCUT2D eigenvalue weighted by molar-refractivity contribution is 7.86. The number of carbonyl (C=O) groups excluding carboxylic acids is 1. The smallest absolute Gasteiger partial charge is 0.333 e. The minimum Gasteiger partial charge on any atom is -0.466 e. The Morgan fingerprint density at radius 2 is 2.00 bits per heavy atom. The quantitative estimate of drug-likeness (QED) is 0.157. The van der Waals surface area contributed by atoms with Crippen LogP contribution in [-0.4, -0.2) is 34.1 Å². The van der Waals surface area contributed by atoms with E-state index in [1.807, 2.05) is 31.2 Å². The SMILES string of the molecule is Cc1cc(NCCC(=O)OCCCC#N)ccc1CCN=Nc1cc(Cl)c(S(=O)(=O)F)cc1Cl. The van der Waals surface area contributed by atoms with E-state index in [2.05, 4.69) is 15.5 Å². The maximum absolute atomic E-state index is 13.2. The van der Waals surface area contributed by atoms with Crippen LogP contribution < -0.4 is 5.32 Å². The predicted molar refractivity (Wildman–Crippen MR) is 128 cm³/mol. The van der Waals surface area contributed by atoms with Gasteiger partial charge in [-0.1, -0.05) is 29.3 Å². The molecule has 0 aliphatic carbocycles. The van der Waals surface area contributed by atoms with Gasteiger partial charge in [0.2, 0.25) is 0 Å². The number of aryl methyl sites for hydroxylation is 1. The highest BCUT2D eigenvalue weighted by Crippen LogP contribution is 2.34. The van der Waals surface area contributed by atoms with Crippen molar-refractivity contribution in [2.75, 3.05) is 25.0 Å². The van der Waals surface area contributed by atoms with Gasteiger partial charge in [0.1, 0.15) is 10.6 Å². The third kappa shape index (κ3) is 8.89. The molecule has 34 heavy (non-hydrogen) atoms. The van der Waals surface area contributed by atoms with E-state index in [9.17, 15) is 17.1 Å². The first-order chi connectivity index (χ1) is 16.1. The van der Waals surface area contributed by atoms with E-state index in [1.54, 1.807) is 0 Å². The van der Waals surface area contributed by atoms with Gasteiger partial charge in [0.15, 0.2) is 0 Å². The van der Waals surface area contributed by atoms with E-state index in [4.69, 9.17) is 33.2 Å². The van der Waals surface area contributed by atoms with Crippen LogP contribution in [0.5, 0.6) is 0 Å². The molecule has 182 valence electrons. The number of azo groups is 1. The Bertz CT molecular complexity index is 1200. The number of rotatable bonds is 12. The normalized spacial score (nSPS) is 11.4. The van der Waals surface area contributed by atoms with Gasteiger partial charge in [-0.3, -0.25) is 4.79 Å². The maximum Gasteiger partial charge on any atom is 0.333 e. The summed E-state index contributed by atoms with van der Waals surface area (Å²) in [4.78, 5) is 10.9. The molecular formula is C22H23Cl2FN4O4S. The molecule has 0 bridgehead atoms. The van der Waals surface area contributed by atoms with Crippen LogP contribution in [0.15, 0.2) is 45.5 Å². The molecule has 2 aromatic carbocycles. The molecule has 0 amide bonds. The molecule has 2 rings (SSSR count). The number of halogens is 3. The lowest BCUT2D eigenvalue weighted by atomic mass is 10.1. The van der Waals surface area contributed by atoms with Crippen molar-refractivity contribution in [3.05, 3.63) is 51.5 Å². The molecule has 0 atom stereocenters. The molecule has 0 fully saturated rings. The van der Waals surface area contributed by atoms with Gasteiger partial charge in [-0.25, -0.2) is 0 Å². The molecule has 1 N–H and O–H groups in total. The Kier molecular flexibility index (Phi) is 10.7. The second-order valence-electron chi connectivity index (χ2n) is 7.19. The molecule has 0 aliphatic heterocycles. The van der Waals surface area contributed by atoms with Crippen LogP contribution in [0.4, 0.5) is 15.3 Å². The topological polar surface area (TPSA) is 121 Å². The highest BCUT2D eigenvalue weighted by Gasteiger charge is 2.19. The Labute approximate surface area is 207 Å². The number of unbranched alkanes of at least 4 members (excludes halogenated alkanes) is 1.